The van der Waals surface area contributed by atoms with E-state index in [4.69, 9.17) is 20.0 Å². The van der Waals surface area contributed by atoms with Crippen molar-refractivity contribution in [2.24, 2.45) is 11.8 Å². The van der Waals surface area contributed by atoms with Gasteiger partial charge in [0.05, 0.1) is 70.2 Å². The molecular weight excluding hydrogens is 728 g/mol. The number of nitriles is 2. The Bertz CT molecular complexity index is 1900. The van der Waals surface area contributed by atoms with Crippen molar-refractivity contribution in [2.45, 2.75) is 72.5 Å². The van der Waals surface area contributed by atoms with Crippen LogP contribution in [0.5, 0.6) is 0 Å². The zero-order valence-corrected chi connectivity index (χ0v) is 26.8. The third-order valence-electron chi connectivity index (χ3n) is 10.2. The zero-order chi connectivity index (χ0) is 36.3. The van der Waals surface area contributed by atoms with Gasteiger partial charge in [-0.25, -0.2) is 25.6 Å². The molecule has 50 heavy (non-hydrogen) atoms. The molecule has 20 heteroatoms. The predicted octanol–water partition coefficient (Wildman–Crippen LogP) is 4.44. The van der Waals surface area contributed by atoms with Gasteiger partial charge in [0.1, 0.15) is 22.8 Å². The van der Waals surface area contributed by atoms with Crippen molar-refractivity contribution in [1.29, 1.82) is 10.5 Å². The Morgan fingerprint density at radius 3 is 1.34 bits per heavy atom. The lowest BCUT2D eigenvalue weighted by molar-refractivity contribution is -0.138. The number of hydrogen-bond acceptors (Lipinski definition) is 8. The lowest BCUT2D eigenvalue weighted by atomic mass is 9.87. The highest BCUT2D eigenvalue weighted by Crippen LogP contribution is 2.52. The third-order valence-corrected chi connectivity index (χ3v) is 14.8. The molecule has 0 unspecified atom stereocenters. The zero-order valence-electron chi connectivity index (χ0n) is 25.1. The van der Waals surface area contributed by atoms with Crippen molar-refractivity contribution in [1.82, 2.24) is 0 Å². The van der Waals surface area contributed by atoms with E-state index in [-0.39, 0.29) is 37.3 Å². The maximum atomic E-state index is 13.8. The third kappa shape index (κ3) is 5.20. The van der Waals surface area contributed by atoms with Gasteiger partial charge >= 0.3 is 12.4 Å². The molecule has 6 fully saturated rings. The SMILES string of the molecule is N#Cc1ccc(N2C[C@@H]3[C@@H]4O[C@@H](C[C@@H]4F)[C@@H]3S2(=O)=O)cc1C(F)(F)F.N#Cc1ccc(N2C[C@H]3[C@H]4O[C@H](C[C@H]4F)[C@H]3S2(=O)=O)cc1C(F)(F)F. The van der Waals surface area contributed by atoms with Crippen LogP contribution in [0.4, 0.5) is 46.5 Å². The number of rotatable bonds is 2. The molecule has 0 aromatic heterocycles. The second-order valence-electron chi connectivity index (χ2n) is 12.9. The second-order valence-corrected chi connectivity index (χ2v) is 16.9. The summed E-state index contributed by atoms with van der Waals surface area (Å²) in [6.45, 7) is -0.254. The smallest absolute Gasteiger partial charge is 0.370 e. The fourth-order valence-corrected chi connectivity index (χ4v) is 12.8. The summed E-state index contributed by atoms with van der Waals surface area (Å²) >= 11 is 0. The van der Waals surface area contributed by atoms with Crippen molar-refractivity contribution in [3.05, 3.63) is 58.7 Å². The molecule has 2 aromatic carbocycles. The molecule has 10 atom stereocenters. The number of sulfonamides is 2. The van der Waals surface area contributed by atoms with Crippen LogP contribution in [-0.2, 0) is 41.9 Å². The summed E-state index contributed by atoms with van der Waals surface area (Å²) < 4.78 is 170. The van der Waals surface area contributed by atoms with E-state index in [2.05, 4.69) is 0 Å². The molecule has 8 rings (SSSR count). The van der Waals surface area contributed by atoms with E-state index < -0.39 is 114 Å². The van der Waals surface area contributed by atoms with Gasteiger partial charge in [-0.3, -0.25) is 8.61 Å². The van der Waals surface area contributed by atoms with Crippen LogP contribution in [0.15, 0.2) is 36.4 Å². The minimum absolute atomic E-state index is 0.0138. The van der Waals surface area contributed by atoms with E-state index in [1.54, 1.807) is 0 Å². The Hall–Kier alpha value is -3.72. The fraction of sp³-hybridized carbons (Fsp3) is 0.533. The standard InChI is InChI=1S/2C15H12F4N2O3S/c2*16-11-4-12-14-9(13(11)24-12)6-21(25(14,22)23)8-2-1-7(5-20)10(3-8)15(17,18)19/h2*1-3,9,11-14H,4,6H2/t2*9-,11+,12+,13+,14-/m10/s1. The fourth-order valence-electron chi connectivity index (χ4n) is 8.15. The van der Waals surface area contributed by atoms with Crippen molar-refractivity contribution in [3.63, 3.8) is 0 Å². The molecule has 6 aliphatic rings. The minimum Gasteiger partial charge on any atom is -0.370 e. The molecule has 0 spiro atoms. The van der Waals surface area contributed by atoms with Crippen molar-refractivity contribution in [3.8, 4) is 12.1 Å². The lowest BCUT2D eigenvalue weighted by Crippen LogP contribution is -2.39. The molecule has 0 N–H and O–H groups in total. The number of nitrogens with zero attached hydrogens (tertiary/aromatic N) is 4. The Morgan fingerprint density at radius 2 is 1.02 bits per heavy atom. The molecule has 6 heterocycles. The number of alkyl halides is 8. The van der Waals surface area contributed by atoms with Gasteiger partial charge in [-0.1, -0.05) is 0 Å². The van der Waals surface area contributed by atoms with E-state index in [1.165, 1.54) is 24.3 Å². The van der Waals surface area contributed by atoms with Crippen LogP contribution >= 0.6 is 0 Å². The normalized spacial score (nSPS) is 35.6. The molecule has 4 bridgehead atoms. The van der Waals surface area contributed by atoms with E-state index in [0.717, 1.165) is 20.7 Å². The number of hydrogen-bond donors (Lipinski definition) is 0. The maximum absolute atomic E-state index is 13.8. The molecule has 0 amide bonds. The van der Waals surface area contributed by atoms with Crippen LogP contribution in [0.2, 0.25) is 0 Å². The summed E-state index contributed by atoms with van der Waals surface area (Å²) in [4.78, 5) is 0. The first kappa shape index (κ1) is 34.7. The number of fused-ring (bicyclic) bond motifs is 10. The summed E-state index contributed by atoms with van der Waals surface area (Å²) in [5.41, 5.74) is -3.89. The van der Waals surface area contributed by atoms with Gasteiger partial charge in [-0.2, -0.15) is 36.9 Å². The van der Waals surface area contributed by atoms with Gasteiger partial charge in [0, 0.05) is 37.8 Å². The Kier molecular flexibility index (Phi) is 7.91. The van der Waals surface area contributed by atoms with E-state index in [9.17, 15) is 52.0 Å². The Labute approximate surface area is 279 Å². The molecule has 6 aliphatic heterocycles. The first-order valence-corrected chi connectivity index (χ1v) is 18.1. The summed E-state index contributed by atoms with van der Waals surface area (Å²) in [5.74, 6) is -1.22. The number of ether oxygens (including phenoxy) is 2. The highest BCUT2D eigenvalue weighted by Gasteiger charge is 2.66. The van der Waals surface area contributed by atoms with Crippen LogP contribution in [0.1, 0.15) is 35.1 Å². The van der Waals surface area contributed by atoms with Crippen LogP contribution < -0.4 is 8.61 Å². The summed E-state index contributed by atoms with van der Waals surface area (Å²) in [6, 6.07) is 8.46. The van der Waals surface area contributed by atoms with Crippen LogP contribution in [0, 0.1) is 34.5 Å². The molecule has 0 radical (unpaired) electrons. The number of benzene rings is 2. The maximum Gasteiger partial charge on any atom is 0.417 e. The van der Waals surface area contributed by atoms with E-state index in [0.29, 0.717) is 12.1 Å². The van der Waals surface area contributed by atoms with Crippen LogP contribution in [0.3, 0.4) is 0 Å². The molecular formula is C30H24F8N4O6S2. The number of anilines is 2. The summed E-state index contributed by atoms with van der Waals surface area (Å²) in [6.07, 6.45) is -15.3. The van der Waals surface area contributed by atoms with Crippen molar-refractivity contribution in [2.75, 3.05) is 21.7 Å². The highest BCUT2D eigenvalue weighted by atomic mass is 32.2. The second kappa shape index (κ2) is 11.4. The summed E-state index contributed by atoms with van der Waals surface area (Å²) in [5, 5.41) is 15.8. The first-order chi connectivity index (χ1) is 23.3. The van der Waals surface area contributed by atoms with Gasteiger partial charge in [0.15, 0.2) is 0 Å². The Balaban J connectivity index is 0.000000157. The van der Waals surface area contributed by atoms with E-state index in [1.807, 2.05) is 0 Å². The van der Waals surface area contributed by atoms with Crippen molar-refractivity contribution < 1.29 is 61.4 Å². The van der Waals surface area contributed by atoms with Crippen LogP contribution in [-0.4, -0.2) is 77.2 Å². The molecule has 0 aliphatic carbocycles. The molecule has 0 saturated carbocycles. The van der Waals surface area contributed by atoms with E-state index >= 15 is 0 Å². The number of halogens is 8. The average molecular weight is 753 g/mol. The van der Waals surface area contributed by atoms with Crippen LogP contribution in [0.25, 0.3) is 0 Å². The monoisotopic (exact) mass is 752 g/mol. The summed E-state index contributed by atoms with van der Waals surface area (Å²) in [7, 11) is -7.92. The molecule has 268 valence electrons. The van der Waals surface area contributed by atoms with Gasteiger partial charge in [-0.05, 0) is 36.4 Å². The quantitative estimate of drug-likeness (QED) is 0.411. The van der Waals surface area contributed by atoms with Gasteiger partial charge in [-0.15, -0.1) is 0 Å². The Morgan fingerprint density at radius 1 is 0.660 bits per heavy atom. The van der Waals surface area contributed by atoms with Gasteiger partial charge in [0.25, 0.3) is 0 Å². The topological polar surface area (TPSA) is 141 Å². The van der Waals surface area contributed by atoms with Gasteiger partial charge in [0.2, 0.25) is 20.0 Å². The average Bonchev–Trinajstić information content (AvgIpc) is 3.86. The highest BCUT2D eigenvalue weighted by molar-refractivity contribution is 7.94. The minimum atomic E-state index is -4.79. The lowest BCUT2D eigenvalue weighted by Gasteiger charge is -2.22. The predicted molar refractivity (Wildman–Crippen MR) is 156 cm³/mol. The molecule has 2 aromatic rings. The molecule has 6 saturated heterocycles. The van der Waals surface area contributed by atoms with Crippen molar-refractivity contribution >= 4 is 31.4 Å². The largest absolute Gasteiger partial charge is 0.417 e. The molecule has 10 nitrogen and oxygen atoms in total. The first-order valence-electron chi connectivity index (χ1n) is 15.1. The van der Waals surface area contributed by atoms with Gasteiger partial charge < -0.3 is 9.47 Å².